The van der Waals surface area contributed by atoms with Crippen molar-refractivity contribution in [2.24, 2.45) is 5.73 Å². The summed E-state index contributed by atoms with van der Waals surface area (Å²) in [5.74, 6) is -8.33. The zero-order valence-electron chi connectivity index (χ0n) is 8.33. The van der Waals surface area contributed by atoms with E-state index in [1.165, 1.54) is 0 Å². The second-order valence-electron chi connectivity index (χ2n) is 3.36. The standard InChI is InChI=1S/C9H5ClF7N/c10-6-4(12)2-1-3(11)5(6)7(18)8(13,14)9(15,16)17/h1-2,7H,18H2/t7-/m1/s1. The average Bonchev–Trinajstić information content (AvgIpc) is 2.22. The topological polar surface area (TPSA) is 26.0 Å². The first-order chi connectivity index (χ1) is 8.00. The van der Waals surface area contributed by atoms with Gasteiger partial charge in [-0.05, 0) is 12.1 Å². The van der Waals surface area contributed by atoms with Gasteiger partial charge < -0.3 is 5.73 Å². The van der Waals surface area contributed by atoms with Gasteiger partial charge >= 0.3 is 12.1 Å². The smallest absolute Gasteiger partial charge is 0.319 e. The molecule has 1 aromatic carbocycles. The van der Waals surface area contributed by atoms with Crippen molar-refractivity contribution in [1.82, 2.24) is 0 Å². The fourth-order valence-corrected chi connectivity index (χ4v) is 1.46. The quantitative estimate of drug-likeness (QED) is 0.651. The molecule has 9 heteroatoms. The molecule has 0 unspecified atom stereocenters. The largest absolute Gasteiger partial charge is 0.455 e. The van der Waals surface area contributed by atoms with Crippen LogP contribution in [0.1, 0.15) is 11.6 Å². The molecule has 0 aliphatic rings. The van der Waals surface area contributed by atoms with Crippen LogP contribution in [-0.2, 0) is 0 Å². The van der Waals surface area contributed by atoms with Crippen LogP contribution in [0.5, 0.6) is 0 Å². The highest BCUT2D eigenvalue weighted by Crippen LogP contribution is 2.45. The van der Waals surface area contributed by atoms with Crippen LogP contribution in [0.25, 0.3) is 0 Å². The number of alkyl halides is 5. The van der Waals surface area contributed by atoms with E-state index in [0.717, 1.165) is 0 Å². The first kappa shape index (κ1) is 15.0. The van der Waals surface area contributed by atoms with E-state index in [4.69, 9.17) is 11.6 Å². The molecule has 1 atom stereocenters. The third-order valence-electron chi connectivity index (χ3n) is 2.16. The normalized spacial score (nSPS) is 14.7. The molecular formula is C9H5ClF7N. The number of hydrogen-bond acceptors (Lipinski definition) is 1. The Morgan fingerprint density at radius 1 is 1.00 bits per heavy atom. The summed E-state index contributed by atoms with van der Waals surface area (Å²) < 4.78 is 88.0. The van der Waals surface area contributed by atoms with Crippen LogP contribution < -0.4 is 5.73 Å². The Bertz CT molecular complexity index is 457. The molecule has 102 valence electrons. The molecule has 0 saturated carbocycles. The van der Waals surface area contributed by atoms with Crippen LogP contribution in [0.15, 0.2) is 12.1 Å². The predicted molar refractivity (Wildman–Crippen MR) is 49.3 cm³/mol. The summed E-state index contributed by atoms with van der Waals surface area (Å²) in [6.07, 6.45) is -6.01. The zero-order valence-corrected chi connectivity index (χ0v) is 9.09. The van der Waals surface area contributed by atoms with Gasteiger partial charge in [-0.25, -0.2) is 8.78 Å². The van der Waals surface area contributed by atoms with Crippen molar-refractivity contribution in [3.8, 4) is 0 Å². The van der Waals surface area contributed by atoms with Crippen LogP contribution in [0, 0.1) is 11.6 Å². The van der Waals surface area contributed by atoms with Crippen molar-refractivity contribution >= 4 is 11.6 Å². The van der Waals surface area contributed by atoms with Gasteiger partial charge in [0.1, 0.15) is 17.7 Å². The number of hydrogen-bond donors (Lipinski definition) is 1. The summed E-state index contributed by atoms with van der Waals surface area (Å²) in [4.78, 5) is 0. The van der Waals surface area contributed by atoms with Gasteiger partial charge in [0.2, 0.25) is 0 Å². The highest BCUT2D eigenvalue weighted by Gasteiger charge is 2.62. The van der Waals surface area contributed by atoms with Gasteiger partial charge in [-0.15, -0.1) is 0 Å². The van der Waals surface area contributed by atoms with Crippen LogP contribution >= 0.6 is 11.6 Å². The van der Waals surface area contributed by atoms with Crippen molar-refractivity contribution < 1.29 is 30.7 Å². The molecule has 0 fully saturated rings. The lowest BCUT2D eigenvalue weighted by atomic mass is 10.00. The minimum Gasteiger partial charge on any atom is -0.319 e. The lowest BCUT2D eigenvalue weighted by Gasteiger charge is -2.26. The van der Waals surface area contributed by atoms with E-state index in [1.54, 1.807) is 0 Å². The molecule has 0 bridgehead atoms. The molecule has 18 heavy (non-hydrogen) atoms. The predicted octanol–water partition coefficient (Wildman–Crippen LogP) is 3.82. The molecule has 0 radical (unpaired) electrons. The Morgan fingerprint density at radius 2 is 1.44 bits per heavy atom. The maximum absolute atomic E-state index is 13.2. The molecular weight excluding hydrogens is 291 g/mol. The van der Waals surface area contributed by atoms with Gasteiger partial charge in [-0.2, -0.15) is 22.0 Å². The first-order valence-corrected chi connectivity index (χ1v) is 4.71. The SMILES string of the molecule is N[C@H](c1c(F)ccc(F)c1Cl)C(F)(F)C(F)(F)F. The van der Waals surface area contributed by atoms with E-state index in [2.05, 4.69) is 5.73 Å². The second-order valence-corrected chi connectivity index (χ2v) is 3.73. The van der Waals surface area contributed by atoms with Crippen LogP contribution in [0.4, 0.5) is 30.7 Å². The van der Waals surface area contributed by atoms with E-state index in [1.807, 2.05) is 0 Å². The Kier molecular flexibility index (Phi) is 3.83. The second kappa shape index (κ2) is 4.58. The summed E-state index contributed by atoms with van der Waals surface area (Å²) in [7, 11) is 0. The van der Waals surface area contributed by atoms with Crippen molar-refractivity contribution in [2.75, 3.05) is 0 Å². The van der Waals surface area contributed by atoms with Crippen LogP contribution in [-0.4, -0.2) is 12.1 Å². The fourth-order valence-electron chi connectivity index (χ4n) is 1.19. The van der Waals surface area contributed by atoms with E-state index in [9.17, 15) is 30.7 Å². The molecule has 1 rings (SSSR count). The summed E-state index contributed by atoms with van der Waals surface area (Å²) in [6.45, 7) is 0. The van der Waals surface area contributed by atoms with Crippen molar-refractivity contribution in [3.63, 3.8) is 0 Å². The summed E-state index contributed by atoms with van der Waals surface area (Å²) in [5.41, 5.74) is 3.25. The van der Waals surface area contributed by atoms with E-state index >= 15 is 0 Å². The van der Waals surface area contributed by atoms with Gasteiger partial charge in [0.05, 0.1) is 5.02 Å². The van der Waals surface area contributed by atoms with Crippen molar-refractivity contribution in [3.05, 3.63) is 34.4 Å². The van der Waals surface area contributed by atoms with E-state index in [-0.39, 0.29) is 0 Å². The summed E-state index contributed by atoms with van der Waals surface area (Å²) in [6, 6.07) is -2.29. The lowest BCUT2D eigenvalue weighted by molar-refractivity contribution is -0.291. The maximum Gasteiger partial charge on any atom is 0.455 e. The number of halogens is 8. The van der Waals surface area contributed by atoms with Crippen LogP contribution in [0.2, 0.25) is 5.02 Å². The molecule has 0 heterocycles. The first-order valence-electron chi connectivity index (χ1n) is 4.33. The summed E-state index contributed by atoms with van der Waals surface area (Å²) in [5, 5.41) is -1.20. The van der Waals surface area contributed by atoms with Crippen LogP contribution in [0.3, 0.4) is 0 Å². The van der Waals surface area contributed by atoms with Gasteiger partial charge in [0.25, 0.3) is 0 Å². The minimum absolute atomic E-state index is 0.364. The van der Waals surface area contributed by atoms with Crippen molar-refractivity contribution in [1.29, 1.82) is 0 Å². The number of rotatable bonds is 2. The Balaban J connectivity index is 3.36. The molecule has 0 spiro atoms. The Labute approximate surface area is 101 Å². The van der Waals surface area contributed by atoms with Gasteiger partial charge in [0.15, 0.2) is 0 Å². The molecule has 0 aliphatic carbocycles. The number of nitrogens with two attached hydrogens (primary N) is 1. The molecule has 0 aliphatic heterocycles. The highest BCUT2D eigenvalue weighted by atomic mass is 35.5. The molecule has 1 nitrogen and oxygen atoms in total. The van der Waals surface area contributed by atoms with E-state index < -0.39 is 40.4 Å². The highest BCUT2D eigenvalue weighted by molar-refractivity contribution is 6.31. The third kappa shape index (κ3) is 2.39. The average molecular weight is 296 g/mol. The van der Waals surface area contributed by atoms with Gasteiger partial charge in [-0.3, -0.25) is 0 Å². The van der Waals surface area contributed by atoms with Gasteiger partial charge in [-0.1, -0.05) is 11.6 Å². The molecule has 0 amide bonds. The monoisotopic (exact) mass is 295 g/mol. The zero-order chi connectivity index (χ0) is 14.3. The lowest BCUT2D eigenvalue weighted by Crippen LogP contribution is -2.46. The molecule has 0 saturated heterocycles. The molecule has 1 aromatic rings. The number of benzene rings is 1. The summed E-state index contributed by atoms with van der Waals surface area (Å²) >= 11 is 5.15. The third-order valence-corrected chi connectivity index (χ3v) is 2.54. The minimum atomic E-state index is -6.01. The molecule has 0 aromatic heterocycles. The Morgan fingerprint density at radius 3 is 1.89 bits per heavy atom. The fraction of sp³-hybridized carbons (Fsp3) is 0.333. The van der Waals surface area contributed by atoms with E-state index in [0.29, 0.717) is 12.1 Å². The van der Waals surface area contributed by atoms with Crippen molar-refractivity contribution in [2.45, 2.75) is 18.1 Å². The molecule has 2 N–H and O–H groups in total. The Hall–Kier alpha value is -1.02. The van der Waals surface area contributed by atoms with Gasteiger partial charge in [0, 0.05) is 5.56 Å². The maximum atomic E-state index is 13.2.